The third-order valence-electron chi connectivity index (χ3n) is 6.41. The van der Waals surface area contributed by atoms with Gasteiger partial charge < -0.3 is 20.4 Å². The fraction of sp³-hybridized carbons (Fsp3) is 0.391. The Bertz CT molecular complexity index is 1440. The molecule has 2 aliphatic rings. The van der Waals surface area contributed by atoms with E-state index in [2.05, 4.69) is 9.97 Å². The number of aliphatic hydroxyl groups excluding tert-OH is 2. The summed E-state index contributed by atoms with van der Waals surface area (Å²) in [6, 6.07) is 1.58. The van der Waals surface area contributed by atoms with E-state index in [9.17, 15) is 37.4 Å². The van der Waals surface area contributed by atoms with Crippen LogP contribution in [0, 0.1) is 11.7 Å². The van der Waals surface area contributed by atoms with E-state index in [1.165, 1.54) is 12.1 Å². The smallest absolute Gasteiger partial charge is 0.389 e. The van der Waals surface area contributed by atoms with Crippen LogP contribution < -0.4 is 15.6 Å². The van der Waals surface area contributed by atoms with Crippen LogP contribution in [0.4, 0.5) is 23.4 Å². The maximum absolute atomic E-state index is 13.7. The van der Waals surface area contributed by atoms with E-state index < -0.39 is 53.1 Å². The highest BCUT2D eigenvalue weighted by Crippen LogP contribution is 2.40. The maximum Gasteiger partial charge on any atom is 0.408 e. The Balaban J connectivity index is 1.65. The van der Waals surface area contributed by atoms with E-state index in [4.69, 9.17) is 11.6 Å². The molecular formula is C23H20ClF4N5O4. The minimum Gasteiger partial charge on any atom is -0.389 e. The number of hydrogen-bond acceptors (Lipinski definition) is 7. The van der Waals surface area contributed by atoms with Crippen molar-refractivity contribution in [1.29, 1.82) is 0 Å². The summed E-state index contributed by atoms with van der Waals surface area (Å²) in [5, 5.41) is 21.4. The van der Waals surface area contributed by atoms with Crippen LogP contribution in [0.15, 0.2) is 35.4 Å². The molecule has 0 aromatic carbocycles. The van der Waals surface area contributed by atoms with Gasteiger partial charge in [-0.15, -0.1) is 0 Å². The van der Waals surface area contributed by atoms with Crippen molar-refractivity contribution in [2.75, 3.05) is 18.0 Å². The third kappa shape index (κ3) is 4.86. The summed E-state index contributed by atoms with van der Waals surface area (Å²) in [6.45, 7) is 0.111. The number of halogens is 5. The molecule has 5 rings (SSSR count). The van der Waals surface area contributed by atoms with Gasteiger partial charge in [-0.1, -0.05) is 11.6 Å². The lowest BCUT2D eigenvalue weighted by molar-refractivity contribution is -0.158. The van der Waals surface area contributed by atoms with Gasteiger partial charge in [0.15, 0.2) is 11.5 Å². The molecule has 3 aromatic rings. The molecule has 0 spiro atoms. The molecule has 196 valence electrons. The lowest BCUT2D eigenvalue weighted by Gasteiger charge is -2.22. The van der Waals surface area contributed by atoms with Crippen LogP contribution in [0.1, 0.15) is 23.2 Å². The Morgan fingerprint density at radius 1 is 1.19 bits per heavy atom. The lowest BCUT2D eigenvalue weighted by Crippen LogP contribution is -2.48. The summed E-state index contributed by atoms with van der Waals surface area (Å²) >= 11 is 6.18. The second kappa shape index (κ2) is 9.23. The van der Waals surface area contributed by atoms with Gasteiger partial charge in [-0.3, -0.25) is 14.2 Å². The van der Waals surface area contributed by atoms with Crippen molar-refractivity contribution in [1.82, 2.24) is 19.9 Å². The topological polar surface area (TPSA) is 121 Å². The van der Waals surface area contributed by atoms with Crippen LogP contribution in [0.2, 0.25) is 5.02 Å². The van der Waals surface area contributed by atoms with Gasteiger partial charge in [0.25, 0.3) is 5.91 Å². The van der Waals surface area contributed by atoms with Crippen molar-refractivity contribution in [3.63, 3.8) is 0 Å². The van der Waals surface area contributed by atoms with Crippen LogP contribution in [0.5, 0.6) is 0 Å². The standard InChI is InChI=1S/C23H20ClF4N5O4/c24-14-5-11(25)6-29-21(14)33-7-13(22(37)31-19(10-1-2-10)23(26,27)28)18(36)12-3-4-17(30-20(12)33)32-8-15(34)16(35)9-32/h3-7,10,15-16,19,34-35H,1-2,8-9H2,(H,31,37)/t15-,16?,19?/m1/s1. The molecule has 0 radical (unpaired) electrons. The monoisotopic (exact) mass is 541 g/mol. The summed E-state index contributed by atoms with van der Waals surface area (Å²) in [6.07, 6.45) is -4.33. The summed E-state index contributed by atoms with van der Waals surface area (Å²) in [5.41, 5.74) is -1.55. The first-order valence-electron chi connectivity index (χ1n) is 11.3. The van der Waals surface area contributed by atoms with Crippen molar-refractivity contribution in [3.8, 4) is 5.82 Å². The first kappa shape index (κ1) is 25.4. The van der Waals surface area contributed by atoms with E-state index in [0.717, 1.165) is 23.0 Å². The van der Waals surface area contributed by atoms with Gasteiger partial charge in [0.05, 0.1) is 28.8 Å². The number of amides is 1. The molecule has 37 heavy (non-hydrogen) atoms. The van der Waals surface area contributed by atoms with Crippen molar-refractivity contribution in [2.45, 2.75) is 37.3 Å². The van der Waals surface area contributed by atoms with E-state index in [-0.39, 0.29) is 40.8 Å². The molecule has 1 aliphatic heterocycles. The summed E-state index contributed by atoms with van der Waals surface area (Å²) in [4.78, 5) is 36.1. The average Bonchev–Trinajstić information content (AvgIpc) is 3.61. The number of rotatable bonds is 5. The number of nitrogens with zero attached hydrogens (tertiary/aromatic N) is 4. The molecule has 14 heteroatoms. The Kier molecular flexibility index (Phi) is 6.32. The minimum atomic E-state index is -4.70. The molecular weight excluding hydrogens is 522 g/mol. The fourth-order valence-electron chi connectivity index (χ4n) is 4.35. The summed E-state index contributed by atoms with van der Waals surface area (Å²) in [7, 11) is 0. The highest BCUT2D eigenvalue weighted by Gasteiger charge is 2.50. The molecule has 4 heterocycles. The number of pyridine rings is 3. The summed E-state index contributed by atoms with van der Waals surface area (Å²) < 4.78 is 55.3. The zero-order valence-corrected chi connectivity index (χ0v) is 19.7. The fourth-order valence-corrected chi connectivity index (χ4v) is 4.59. The third-order valence-corrected chi connectivity index (χ3v) is 6.69. The number of aliphatic hydroxyl groups is 2. The molecule has 3 N–H and O–H groups in total. The Morgan fingerprint density at radius 3 is 2.46 bits per heavy atom. The average molecular weight is 542 g/mol. The number of nitrogens with one attached hydrogen (secondary N) is 1. The quantitative estimate of drug-likeness (QED) is 0.423. The van der Waals surface area contributed by atoms with Crippen LogP contribution >= 0.6 is 11.6 Å². The molecule has 3 atom stereocenters. The zero-order valence-electron chi connectivity index (χ0n) is 18.9. The van der Waals surface area contributed by atoms with Crippen molar-refractivity contribution < 1.29 is 32.6 Å². The lowest BCUT2D eigenvalue weighted by atomic mass is 10.1. The van der Waals surface area contributed by atoms with Gasteiger partial charge in [0.2, 0.25) is 5.43 Å². The SMILES string of the molecule is O=C(NC(C1CC1)C(F)(F)F)c1cn(-c2ncc(F)cc2Cl)c2nc(N3CC(O)[C@H](O)C3)ccc2c1=O. The van der Waals surface area contributed by atoms with Crippen LogP contribution in [-0.2, 0) is 0 Å². The second-order valence-corrected chi connectivity index (χ2v) is 9.52. The molecule has 1 amide bonds. The first-order chi connectivity index (χ1) is 17.4. The number of anilines is 1. The molecule has 1 aliphatic carbocycles. The first-order valence-corrected chi connectivity index (χ1v) is 11.7. The van der Waals surface area contributed by atoms with E-state index in [1.807, 2.05) is 5.32 Å². The highest BCUT2D eigenvalue weighted by molar-refractivity contribution is 6.32. The normalized spacial score (nSPS) is 20.9. The van der Waals surface area contributed by atoms with Crippen LogP contribution in [0.3, 0.4) is 0 Å². The predicted molar refractivity (Wildman–Crippen MR) is 124 cm³/mol. The van der Waals surface area contributed by atoms with Gasteiger partial charge >= 0.3 is 6.18 Å². The number of β-amino-alcohol motifs (C(OH)–C–C–N with tert-alkyl or cyclic N) is 2. The molecule has 1 saturated heterocycles. The number of carbonyl (C=O) groups is 1. The highest BCUT2D eigenvalue weighted by atomic mass is 35.5. The van der Waals surface area contributed by atoms with E-state index in [0.29, 0.717) is 12.8 Å². The molecule has 3 aromatic heterocycles. The van der Waals surface area contributed by atoms with Crippen LogP contribution in [0.25, 0.3) is 16.9 Å². The van der Waals surface area contributed by atoms with Gasteiger partial charge in [-0.05, 0) is 37.0 Å². The van der Waals surface area contributed by atoms with Crippen LogP contribution in [-0.4, -0.2) is 68.2 Å². The Morgan fingerprint density at radius 2 is 1.86 bits per heavy atom. The number of aromatic nitrogens is 3. The number of fused-ring (bicyclic) bond motifs is 1. The molecule has 9 nitrogen and oxygen atoms in total. The zero-order chi connectivity index (χ0) is 26.6. The molecule has 2 unspecified atom stereocenters. The number of alkyl halides is 3. The Labute approximate surface area is 211 Å². The van der Waals surface area contributed by atoms with Gasteiger partial charge in [0, 0.05) is 19.3 Å². The Hall–Kier alpha value is -3.29. The van der Waals surface area contributed by atoms with E-state index in [1.54, 1.807) is 4.90 Å². The predicted octanol–water partition coefficient (Wildman–Crippen LogP) is 2.19. The van der Waals surface area contributed by atoms with Gasteiger partial charge in [-0.2, -0.15) is 13.2 Å². The number of hydrogen-bond donors (Lipinski definition) is 3. The second-order valence-electron chi connectivity index (χ2n) is 9.11. The molecule has 1 saturated carbocycles. The molecule has 2 fully saturated rings. The molecule has 0 bridgehead atoms. The van der Waals surface area contributed by atoms with Crippen molar-refractivity contribution in [3.05, 3.63) is 57.2 Å². The van der Waals surface area contributed by atoms with Crippen molar-refractivity contribution in [2.24, 2.45) is 5.92 Å². The largest absolute Gasteiger partial charge is 0.408 e. The van der Waals surface area contributed by atoms with Gasteiger partial charge in [-0.25, -0.2) is 14.4 Å². The van der Waals surface area contributed by atoms with Crippen molar-refractivity contribution >= 4 is 34.4 Å². The summed E-state index contributed by atoms with van der Waals surface area (Å²) in [5.74, 6) is -2.62. The minimum absolute atomic E-state index is 0.0555. The van der Waals surface area contributed by atoms with E-state index >= 15 is 0 Å². The maximum atomic E-state index is 13.7. The number of carbonyl (C=O) groups excluding carboxylic acids is 1. The van der Waals surface area contributed by atoms with Gasteiger partial charge in [0.1, 0.15) is 23.2 Å².